The number of rotatable bonds is 6. The Kier molecular flexibility index (Phi) is 4.74. The number of anilines is 1. The van der Waals surface area contributed by atoms with Crippen molar-refractivity contribution < 1.29 is 0 Å². The molecule has 16 heavy (non-hydrogen) atoms. The minimum Gasteiger partial charge on any atom is -0.369 e. The summed E-state index contributed by atoms with van der Waals surface area (Å²) in [5.74, 6) is 0.944. The van der Waals surface area contributed by atoms with Crippen LogP contribution in [0.3, 0.4) is 0 Å². The molecule has 0 saturated heterocycles. The van der Waals surface area contributed by atoms with Crippen molar-refractivity contribution in [1.29, 1.82) is 0 Å². The van der Waals surface area contributed by atoms with Crippen molar-refractivity contribution in [3.8, 4) is 0 Å². The Morgan fingerprint density at radius 3 is 2.50 bits per heavy atom. The molecule has 3 nitrogen and oxygen atoms in total. The maximum absolute atomic E-state index is 5.86. The average Bonchev–Trinajstić information content (AvgIpc) is 2.32. The SMILES string of the molecule is CCC(CC)(CN)CNc1cccc(C)n1. The molecule has 0 atom stereocenters. The highest BCUT2D eigenvalue weighted by molar-refractivity contribution is 5.35. The van der Waals surface area contributed by atoms with Crippen LogP contribution in [0.2, 0.25) is 0 Å². The maximum Gasteiger partial charge on any atom is 0.126 e. The van der Waals surface area contributed by atoms with Crippen LogP contribution >= 0.6 is 0 Å². The molecule has 1 heterocycles. The van der Waals surface area contributed by atoms with E-state index in [2.05, 4.69) is 24.1 Å². The molecule has 0 aromatic carbocycles. The molecule has 0 fully saturated rings. The number of nitrogens with zero attached hydrogens (tertiary/aromatic N) is 1. The molecule has 0 aliphatic carbocycles. The largest absolute Gasteiger partial charge is 0.369 e. The third-order valence-electron chi connectivity index (χ3n) is 3.47. The minimum absolute atomic E-state index is 0.200. The first-order chi connectivity index (χ1) is 7.65. The molecule has 0 bridgehead atoms. The molecule has 0 unspecified atom stereocenters. The zero-order valence-corrected chi connectivity index (χ0v) is 10.6. The van der Waals surface area contributed by atoms with Crippen LogP contribution in [0.4, 0.5) is 5.82 Å². The fourth-order valence-electron chi connectivity index (χ4n) is 1.78. The van der Waals surface area contributed by atoms with Gasteiger partial charge in [-0.15, -0.1) is 0 Å². The highest BCUT2D eigenvalue weighted by Gasteiger charge is 2.23. The Hall–Kier alpha value is -1.09. The highest BCUT2D eigenvalue weighted by Crippen LogP contribution is 2.25. The number of aromatic nitrogens is 1. The number of pyridine rings is 1. The summed E-state index contributed by atoms with van der Waals surface area (Å²) >= 11 is 0. The standard InChI is InChI=1S/C13H23N3/c1-4-13(5-2,9-14)10-15-12-8-6-7-11(3)16-12/h6-8H,4-5,9-10,14H2,1-3H3,(H,15,16). The molecule has 0 spiro atoms. The summed E-state index contributed by atoms with van der Waals surface area (Å²) in [7, 11) is 0. The molecule has 1 aromatic rings. The van der Waals surface area contributed by atoms with E-state index in [-0.39, 0.29) is 5.41 Å². The van der Waals surface area contributed by atoms with Crippen molar-refractivity contribution in [2.24, 2.45) is 11.1 Å². The second-order valence-electron chi connectivity index (χ2n) is 4.43. The second-order valence-corrected chi connectivity index (χ2v) is 4.43. The minimum atomic E-state index is 0.200. The summed E-state index contributed by atoms with van der Waals surface area (Å²) in [6.45, 7) is 8.01. The summed E-state index contributed by atoms with van der Waals surface area (Å²) < 4.78 is 0. The number of hydrogen-bond donors (Lipinski definition) is 2. The van der Waals surface area contributed by atoms with Gasteiger partial charge in [-0.2, -0.15) is 0 Å². The fourth-order valence-corrected chi connectivity index (χ4v) is 1.78. The third kappa shape index (κ3) is 3.20. The first-order valence-electron chi connectivity index (χ1n) is 6.03. The normalized spacial score (nSPS) is 11.5. The molecule has 3 N–H and O–H groups in total. The molecule has 0 aliphatic heterocycles. The van der Waals surface area contributed by atoms with Crippen LogP contribution < -0.4 is 11.1 Å². The van der Waals surface area contributed by atoms with Crippen molar-refractivity contribution in [3.63, 3.8) is 0 Å². The van der Waals surface area contributed by atoms with Gasteiger partial charge < -0.3 is 11.1 Å². The van der Waals surface area contributed by atoms with Gasteiger partial charge in [-0.25, -0.2) is 4.98 Å². The molecule has 0 amide bonds. The monoisotopic (exact) mass is 221 g/mol. The van der Waals surface area contributed by atoms with E-state index in [0.717, 1.165) is 37.4 Å². The van der Waals surface area contributed by atoms with Gasteiger partial charge in [0.05, 0.1) is 0 Å². The van der Waals surface area contributed by atoms with Gasteiger partial charge in [0.25, 0.3) is 0 Å². The van der Waals surface area contributed by atoms with Crippen molar-refractivity contribution in [2.45, 2.75) is 33.6 Å². The molecule has 90 valence electrons. The van der Waals surface area contributed by atoms with E-state index in [0.29, 0.717) is 0 Å². The number of nitrogens with two attached hydrogens (primary N) is 1. The Labute approximate surface area is 98.5 Å². The lowest BCUT2D eigenvalue weighted by Gasteiger charge is -2.30. The molecule has 1 rings (SSSR count). The number of aryl methyl sites for hydroxylation is 1. The number of nitrogens with one attached hydrogen (secondary N) is 1. The predicted molar refractivity (Wildman–Crippen MR) is 69.5 cm³/mol. The van der Waals surface area contributed by atoms with Gasteiger partial charge in [-0.05, 0) is 43.9 Å². The summed E-state index contributed by atoms with van der Waals surface area (Å²) in [6, 6.07) is 6.02. The van der Waals surface area contributed by atoms with Gasteiger partial charge >= 0.3 is 0 Å². The Balaban J connectivity index is 2.62. The smallest absolute Gasteiger partial charge is 0.126 e. The number of hydrogen-bond acceptors (Lipinski definition) is 3. The van der Waals surface area contributed by atoms with Gasteiger partial charge in [-0.3, -0.25) is 0 Å². The van der Waals surface area contributed by atoms with Gasteiger partial charge in [0.1, 0.15) is 5.82 Å². The van der Waals surface area contributed by atoms with Crippen LogP contribution in [0.25, 0.3) is 0 Å². The lowest BCUT2D eigenvalue weighted by Crippen LogP contribution is -2.36. The molecule has 3 heteroatoms. The summed E-state index contributed by atoms with van der Waals surface area (Å²) in [6.07, 6.45) is 2.19. The second kappa shape index (κ2) is 5.85. The summed E-state index contributed by atoms with van der Waals surface area (Å²) in [4.78, 5) is 4.43. The highest BCUT2D eigenvalue weighted by atomic mass is 15.0. The maximum atomic E-state index is 5.86. The molecule has 0 radical (unpaired) electrons. The van der Waals surface area contributed by atoms with Crippen LogP contribution in [0.1, 0.15) is 32.4 Å². The van der Waals surface area contributed by atoms with E-state index >= 15 is 0 Å². The Bertz CT molecular complexity index is 310. The third-order valence-corrected chi connectivity index (χ3v) is 3.47. The van der Waals surface area contributed by atoms with E-state index in [1.54, 1.807) is 0 Å². The van der Waals surface area contributed by atoms with Crippen LogP contribution in [-0.4, -0.2) is 18.1 Å². The average molecular weight is 221 g/mol. The van der Waals surface area contributed by atoms with E-state index in [1.165, 1.54) is 0 Å². The molecule has 0 saturated carbocycles. The van der Waals surface area contributed by atoms with Gasteiger partial charge in [0.2, 0.25) is 0 Å². The van der Waals surface area contributed by atoms with Gasteiger partial charge in [-0.1, -0.05) is 19.9 Å². The van der Waals surface area contributed by atoms with E-state index in [9.17, 15) is 0 Å². The lowest BCUT2D eigenvalue weighted by molar-refractivity contribution is 0.294. The van der Waals surface area contributed by atoms with Crippen molar-refractivity contribution in [2.75, 3.05) is 18.4 Å². The first kappa shape index (κ1) is 13.0. The van der Waals surface area contributed by atoms with Gasteiger partial charge in [0.15, 0.2) is 0 Å². The van der Waals surface area contributed by atoms with Crippen molar-refractivity contribution in [3.05, 3.63) is 23.9 Å². The van der Waals surface area contributed by atoms with E-state index in [1.807, 2.05) is 25.1 Å². The van der Waals surface area contributed by atoms with Crippen LogP contribution in [0, 0.1) is 12.3 Å². The topological polar surface area (TPSA) is 50.9 Å². The zero-order valence-electron chi connectivity index (χ0n) is 10.6. The quantitative estimate of drug-likeness (QED) is 0.776. The fraction of sp³-hybridized carbons (Fsp3) is 0.615. The molecular formula is C13H23N3. The van der Waals surface area contributed by atoms with Crippen LogP contribution in [0.5, 0.6) is 0 Å². The zero-order chi connectivity index (χ0) is 12.0. The van der Waals surface area contributed by atoms with Crippen LogP contribution in [-0.2, 0) is 0 Å². The Morgan fingerprint density at radius 2 is 2.00 bits per heavy atom. The molecule has 1 aromatic heterocycles. The summed E-state index contributed by atoms with van der Waals surface area (Å²) in [5, 5.41) is 3.39. The van der Waals surface area contributed by atoms with Crippen molar-refractivity contribution in [1.82, 2.24) is 4.98 Å². The van der Waals surface area contributed by atoms with E-state index in [4.69, 9.17) is 5.73 Å². The lowest BCUT2D eigenvalue weighted by atomic mass is 9.82. The van der Waals surface area contributed by atoms with E-state index < -0.39 is 0 Å². The molecular weight excluding hydrogens is 198 g/mol. The van der Waals surface area contributed by atoms with Crippen molar-refractivity contribution >= 4 is 5.82 Å². The Morgan fingerprint density at radius 1 is 1.31 bits per heavy atom. The van der Waals surface area contributed by atoms with Crippen LogP contribution in [0.15, 0.2) is 18.2 Å². The molecule has 0 aliphatic rings. The first-order valence-corrected chi connectivity index (χ1v) is 6.03. The van der Waals surface area contributed by atoms with Gasteiger partial charge in [0, 0.05) is 12.2 Å². The summed E-state index contributed by atoms with van der Waals surface area (Å²) in [5.41, 5.74) is 7.10. The predicted octanol–water partition coefficient (Wildman–Crippen LogP) is 2.57.